The van der Waals surface area contributed by atoms with Crippen LogP contribution in [0.25, 0.3) is 0 Å². The van der Waals surface area contributed by atoms with E-state index in [9.17, 15) is 4.21 Å². The van der Waals surface area contributed by atoms with Gasteiger partial charge in [-0.25, -0.2) is 0 Å². The second kappa shape index (κ2) is 4.77. The van der Waals surface area contributed by atoms with Crippen LogP contribution in [0, 0.1) is 0 Å². The van der Waals surface area contributed by atoms with Crippen LogP contribution < -0.4 is 0 Å². The molecule has 0 bridgehead atoms. The smallest absolute Gasteiger partial charge is 0.0851 e. The molecule has 70 valence electrons. The summed E-state index contributed by atoms with van der Waals surface area (Å²) in [5, 5.41) is 9.16. The Bertz CT molecular complexity index is 199. The van der Waals surface area contributed by atoms with Gasteiger partial charge < -0.3 is 5.11 Å². The van der Waals surface area contributed by atoms with Crippen LogP contribution >= 0.6 is 0 Å². The van der Waals surface area contributed by atoms with Gasteiger partial charge >= 0.3 is 0 Å². The molecule has 1 heterocycles. The first-order chi connectivity index (χ1) is 5.74. The Kier molecular flexibility index (Phi) is 3.95. The molecule has 2 atom stereocenters. The maximum absolute atomic E-state index is 11.3. The number of hydrogen-bond donors (Lipinski definition) is 1. The summed E-state index contributed by atoms with van der Waals surface area (Å²) < 4.78 is 11.3. The van der Waals surface area contributed by atoms with E-state index in [1.807, 2.05) is 0 Å². The highest BCUT2D eigenvalue weighted by Gasteiger charge is 2.19. The molecule has 1 unspecified atom stereocenters. The van der Waals surface area contributed by atoms with E-state index in [0.29, 0.717) is 5.75 Å². The molecule has 1 aliphatic heterocycles. The Morgan fingerprint density at radius 2 is 2.42 bits per heavy atom. The molecule has 0 saturated heterocycles. The highest BCUT2D eigenvalue weighted by Crippen LogP contribution is 2.20. The predicted molar refractivity (Wildman–Crippen MR) is 51.2 cm³/mol. The van der Waals surface area contributed by atoms with Crippen molar-refractivity contribution >= 4 is 10.8 Å². The van der Waals surface area contributed by atoms with Crippen molar-refractivity contribution in [1.82, 2.24) is 0 Å². The van der Waals surface area contributed by atoms with Gasteiger partial charge in [-0.1, -0.05) is 19.8 Å². The number of aliphatic hydroxyl groups is 1. The van der Waals surface area contributed by atoms with Crippen molar-refractivity contribution in [2.45, 2.75) is 38.7 Å². The fourth-order valence-electron chi connectivity index (χ4n) is 1.35. The van der Waals surface area contributed by atoms with Crippen molar-refractivity contribution in [1.29, 1.82) is 0 Å². The molecule has 12 heavy (non-hydrogen) atoms. The molecular weight excluding hydrogens is 172 g/mol. The lowest BCUT2D eigenvalue weighted by Crippen LogP contribution is -2.05. The van der Waals surface area contributed by atoms with Crippen LogP contribution in [0.5, 0.6) is 0 Å². The van der Waals surface area contributed by atoms with Crippen molar-refractivity contribution in [2.24, 2.45) is 0 Å². The summed E-state index contributed by atoms with van der Waals surface area (Å²) in [4.78, 5) is 0.955. The van der Waals surface area contributed by atoms with Gasteiger partial charge in [0.2, 0.25) is 0 Å². The number of rotatable bonds is 4. The third-order valence-electron chi connectivity index (χ3n) is 2.02. The summed E-state index contributed by atoms with van der Waals surface area (Å²) in [6.07, 6.45) is 5.67. The van der Waals surface area contributed by atoms with Crippen LogP contribution in [0.15, 0.2) is 11.0 Å². The minimum absolute atomic E-state index is 0.418. The van der Waals surface area contributed by atoms with E-state index in [2.05, 4.69) is 6.92 Å². The molecule has 0 amide bonds. The molecule has 2 nitrogen and oxygen atoms in total. The second-order valence-corrected chi connectivity index (χ2v) is 4.72. The number of unbranched alkanes of at least 4 members (excludes halogenated alkanes) is 2. The first kappa shape index (κ1) is 9.93. The Hall–Kier alpha value is -0.150. The first-order valence-corrected chi connectivity index (χ1v) is 5.83. The van der Waals surface area contributed by atoms with Crippen LogP contribution in [0.2, 0.25) is 0 Å². The molecule has 0 radical (unpaired) electrons. The molecule has 3 heteroatoms. The first-order valence-electron chi connectivity index (χ1n) is 4.51. The molecule has 1 aliphatic rings. The fourth-order valence-corrected chi connectivity index (χ4v) is 2.65. The van der Waals surface area contributed by atoms with Gasteiger partial charge in [0.1, 0.15) is 0 Å². The summed E-state index contributed by atoms with van der Waals surface area (Å²) in [5.74, 6) is 0.418. The summed E-state index contributed by atoms with van der Waals surface area (Å²) in [6, 6.07) is 0. The predicted octanol–water partition coefficient (Wildman–Crippen LogP) is 1.57. The van der Waals surface area contributed by atoms with E-state index >= 15 is 0 Å². The van der Waals surface area contributed by atoms with E-state index in [1.165, 1.54) is 12.8 Å². The van der Waals surface area contributed by atoms with Gasteiger partial charge in [-0.05, 0) is 18.9 Å². The average Bonchev–Trinajstić information content (AvgIpc) is 2.31. The Morgan fingerprint density at radius 3 is 2.92 bits per heavy atom. The van der Waals surface area contributed by atoms with Gasteiger partial charge in [0.25, 0.3) is 0 Å². The third-order valence-corrected chi connectivity index (χ3v) is 3.59. The number of aliphatic hydroxyl groups excluding tert-OH is 1. The zero-order valence-corrected chi connectivity index (χ0v) is 8.27. The maximum Gasteiger partial charge on any atom is 0.0851 e. The molecule has 0 aromatic rings. The van der Waals surface area contributed by atoms with Crippen molar-refractivity contribution in [3.63, 3.8) is 0 Å². The monoisotopic (exact) mass is 188 g/mol. The SMILES string of the molecule is CCCCCC1=C[C@H](O)CS1=O. The van der Waals surface area contributed by atoms with Crippen molar-refractivity contribution < 1.29 is 9.32 Å². The van der Waals surface area contributed by atoms with Gasteiger partial charge in [0.15, 0.2) is 0 Å². The van der Waals surface area contributed by atoms with E-state index < -0.39 is 16.9 Å². The number of hydrogen-bond acceptors (Lipinski definition) is 2. The van der Waals surface area contributed by atoms with Crippen LogP contribution in [0.1, 0.15) is 32.6 Å². The molecule has 0 aromatic heterocycles. The normalized spacial score (nSPS) is 29.0. The quantitative estimate of drug-likeness (QED) is 0.680. The summed E-state index contributed by atoms with van der Waals surface area (Å²) in [6.45, 7) is 2.15. The van der Waals surface area contributed by atoms with Crippen LogP contribution in [-0.4, -0.2) is 21.2 Å². The minimum atomic E-state index is -0.883. The maximum atomic E-state index is 11.3. The largest absolute Gasteiger partial charge is 0.388 e. The van der Waals surface area contributed by atoms with Crippen molar-refractivity contribution in [2.75, 3.05) is 5.75 Å². The highest BCUT2D eigenvalue weighted by atomic mass is 32.2. The third kappa shape index (κ3) is 2.72. The zero-order valence-electron chi connectivity index (χ0n) is 7.45. The van der Waals surface area contributed by atoms with Gasteiger partial charge in [0, 0.05) is 4.91 Å². The van der Waals surface area contributed by atoms with Gasteiger partial charge in [-0.15, -0.1) is 0 Å². The standard InChI is InChI=1S/C9H16O2S/c1-2-3-4-5-9-6-8(10)7-12(9)11/h6,8,10H,2-5,7H2,1H3/t8-,12?/m0/s1. The van der Waals surface area contributed by atoms with Crippen LogP contribution in [0.3, 0.4) is 0 Å². The van der Waals surface area contributed by atoms with E-state index in [1.54, 1.807) is 6.08 Å². The average molecular weight is 188 g/mol. The van der Waals surface area contributed by atoms with Gasteiger partial charge in [-0.2, -0.15) is 0 Å². The van der Waals surface area contributed by atoms with E-state index in [4.69, 9.17) is 5.11 Å². The molecule has 1 N–H and O–H groups in total. The summed E-state index contributed by atoms with van der Waals surface area (Å²) in [5.41, 5.74) is 0. The lowest BCUT2D eigenvalue weighted by molar-refractivity contribution is 0.250. The van der Waals surface area contributed by atoms with Crippen molar-refractivity contribution in [3.8, 4) is 0 Å². The van der Waals surface area contributed by atoms with Gasteiger partial charge in [0.05, 0.1) is 22.7 Å². The lowest BCUT2D eigenvalue weighted by atomic mass is 10.2. The molecule has 0 fully saturated rings. The molecule has 0 aliphatic carbocycles. The molecule has 0 spiro atoms. The van der Waals surface area contributed by atoms with Crippen LogP contribution in [0.4, 0.5) is 0 Å². The Morgan fingerprint density at radius 1 is 1.67 bits per heavy atom. The zero-order chi connectivity index (χ0) is 8.97. The minimum Gasteiger partial charge on any atom is -0.388 e. The van der Waals surface area contributed by atoms with Gasteiger partial charge in [-0.3, -0.25) is 4.21 Å². The molecule has 0 saturated carbocycles. The summed E-state index contributed by atoms with van der Waals surface area (Å²) >= 11 is 0. The summed E-state index contributed by atoms with van der Waals surface area (Å²) in [7, 11) is -0.883. The fraction of sp³-hybridized carbons (Fsp3) is 0.778. The number of allylic oxidation sites excluding steroid dienone is 1. The Labute approximate surface area is 76.1 Å². The Balaban J connectivity index is 2.31. The molecule has 0 aromatic carbocycles. The highest BCUT2D eigenvalue weighted by molar-refractivity contribution is 7.89. The molecule has 1 rings (SSSR count). The van der Waals surface area contributed by atoms with Crippen LogP contribution in [-0.2, 0) is 10.8 Å². The van der Waals surface area contributed by atoms with E-state index in [0.717, 1.165) is 17.7 Å². The molecular formula is C9H16O2S. The van der Waals surface area contributed by atoms with Crippen molar-refractivity contribution in [3.05, 3.63) is 11.0 Å². The topological polar surface area (TPSA) is 37.3 Å². The van der Waals surface area contributed by atoms with E-state index in [-0.39, 0.29) is 0 Å². The lowest BCUT2D eigenvalue weighted by Gasteiger charge is -1.98. The second-order valence-electron chi connectivity index (χ2n) is 3.17.